The lowest BCUT2D eigenvalue weighted by atomic mass is 9.78. The molecule has 1 unspecified atom stereocenters. The van der Waals surface area contributed by atoms with Crippen LogP contribution >= 0.6 is 0 Å². The number of likely N-dealkylation sites (tertiary alicyclic amines) is 1. The van der Waals surface area contributed by atoms with Gasteiger partial charge < -0.3 is 40.4 Å². The Morgan fingerprint density at radius 3 is 2.30 bits per heavy atom. The Kier molecular flexibility index (Phi) is 17.0. The molecule has 1 saturated carbocycles. The number of methoxy groups -OCH3 is 1. The maximum Gasteiger partial charge on any atom is 0.252 e. The summed E-state index contributed by atoms with van der Waals surface area (Å²) in [6.45, 7) is 7.35. The van der Waals surface area contributed by atoms with Gasteiger partial charge in [-0.2, -0.15) is 0 Å². The highest BCUT2D eigenvalue weighted by Gasteiger charge is 2.39. The number of carbonyl (C=O) groups excluding carboxylic acids is 2. The van der Waals surface area contributed by atoms with Crippen LogP contribution in [0.15, 0.2) is 30.3 Å². The van der Waals surface area contributed by atoms with Crippen molar-refractivity contribution in [2.45, 2.75) is 140 Å². The zero-order valence-electron chi connectivity index (χ0n) is 28.6. The molecule has 1 aromatic rings. The van der Waals surface area contributed by atoms with E-state index in [-0.39, 0.29) is 36.5 Å². The Morgan fingerprint density at radius 1 is 1.02 bits per heavy atom. The fraction of sp³-hybridized carbons (Fsp3) is 0.778. The quantitative estimate of drug-likeness (QED) is 0.165. The lowest BCUT2D eigenvalue weighted by Gasteiger charge is -2.39. The number of rotatable bonds is 19. The summed E-state index contributed by atoms with van der Waals surface area (Å²) < 4.78 is 17.3. The van der Waals surface area contributed by atoms with Crippen molar-refractivity contribution >= 4 is 11.8 Å². The standard InChI is InChI=1S/C36H61N3O7/c1-5-6-17-30(35(42)38-33(27-15-11-8-12-16-27)32(37)34(41)29(40)22-25(2)3)46-31(23-26-13-9-7-10-14-26)36(43)39-20-18-28(19-21-39)45-24-44-4/h7,9-10,13-14,25,27-34,40-41H,5-6,8,11-12,15-24,37H2,1-4H3,(H,38,42)/t29-,30-,31-,32-,33?,34-/m0/s1. The van der Waals surface area contributed by atoms with Crippen LogP contribution in [0.1, 0.15) is 97.0 Å². The van der Waals surface area contributed by atoms with Gasteiger partial charge in [0.05, 0.1) is 24.4 Å². The summed E-state index contributed by atoms with van der Waals surface area (Å²) >= 11 is 0. The van der Waals surface area contributed by atoms with Gasteiger partial charge in [-0.3, -0.25) is 9.59 Å². The smallest absolute Gasteiger partial charge is 0.252 e. The van der Waals surface area contributed by atoms with E-state index in [1.54, 1.807) is 7.11 Å². The topological polar surface area (TPSA) is 144 Å². The number of piperidine rings is 1. The van der Waals surface area contributed by atoms with Gasteiger partial charge in [-0.05, 0) is 55.9 Å². The largest absolute Gasteiger partial charge is 0.390 e. The SMILES string of the molecule is CCCC[C@H](O[C@@H](Cc1ccccc1)C(=O)N1CCC(OCOC)CC1)C(=O)NC(C1CCCCC1)[C@H](N)[C@@H](O)[C@@H](O)CC(C)C. The highest BCUT2D eigenvalue weighted by Crippen LogP contribution is 2.29. The molecule has 1 saturated heterocycles. The van der Waals surface area contributed by atoms with Gasteiger partial charge in [0, 0.05) is 32.7 Å². The predicted molar refractivity (Wildman–Crippen MR) is 179 cm³/mol. The van der Waals surface area contributed by atoms with Gasteiger partial charge in [-0.1, -0.05) is 83.2 Å². The number of aliphatic hydroxyl groups excluding tert-OH is 2. The van der Waals surface area contributed by atoms with E-state index < -0.39 is 36.5 Å². The molecule has 262 valence electrons. The average molecular weight is 648 g/mol. The molecule has 2 fully saturated rings. The molecule has 5 N–H and O–H groups in total. The van der Waals surface area contributed by atoms with Crippen molar-refractivity contribution in [1.29, 1.82) is 0 Å². The minimum absolute atomic E-state index is 0.0379. The summed E-state index contributed by atoms with van der Waals surface area (Å²) in [7, 11) is 1.60. The summed E-state index contributed by atoms with van der Waals surface area (Å²) in [5.74, 6) is -0.170. The molecule has 46 heavy (non-hydrogen) atoms. The average Bonchev–Trinajstić information content (AvgIpc) is 3.07. The summed E-state index contributed by atoms with van der Waals surface area (Å²) in [6.07, 6.45) is 5.42. The third-order valence-corrected chi connectivity index (χ3v) is 9.54. The van der Waals surface area contributed by atoms with Crippen LogP contribution in [0.4, 0.5) is 0 Å². The van der Waals surface area contributed by atoms with Crippen molar-refractivity contribution in [3.8, 4) is 0 Å². The maximum atomic E-state index is 14.1. The number of hydrogen-bond acceptors (Lipinski definition) is 8. The third-order valence-electron chi connectivity index (χ3n) is 9.54. The third kappa shape index (κ3) is 12.2. The van der Waals surface area contributed by atoms with E-state index in [0.717, 1.165) is 50.5 Å². The highest BCUT2D eigenvalue weighted by molar-refractivity contribution is 5.84. The molecule has 6 atom stereocenters. The zero-order chi connectivity index (χ0) is 33.5. The molecule has 0 spiro atoms. The van der Waals surface area contributed by atoms with Gasteiger partial charge in [0.25, 0.3) is 5.91 Å². The van der Waals surface area contributed by atoms with E-state index in [1.807, 2.05) is 49.1 Å². The number of ether oxygens (including phenoxy) is 3. The van der Waals surface area contributed by atoms with E-state index in [4.69, 9.17) is 19.9 Å². The molecule has 1 heterocycles. The van der Waals surface area contributed by atoms with Crippen molar-refractivity contribution in [1.82, 2.24) is 10.2 Å². The molecule has 1 aliphatic heterocycles. The molecule has 2 amide bonds. The van der Waals surface area contributed by atoms with Crippen molar-refractivity contribution in [2.24, 2.45) is 17.6 Å². The van der Waals surface area contributed by atoms with Crippen LogP contribution < -0.4 is 11.1 Å². The second kappa shape index (κ2) is 20.3. The minimum Gasteiger partial charge on any atom is -0.390 e. The van der Waals surface area contributed by atoms with Gasteiger partial charge in [-0.15, -0.1) is 0 Å². The van der Waals surface area contributed by atoms with Crippen LogP contribution in [0, 0.1) is 11.8 Å². The number of nitrogens with two attached hydrogens (primary N) is 1. The van der Waals surface area contributed by atoms with Crippen LogP contribution in [0.5, 0.6) is 0 Å². The molecule has 10 heteroatoms. The van der Waals surface area contributed by atoms with E-state index >= 15 is 0 Å². The van der Waals surface area contributed by atoms with Crippen LogP contribution in [0.25, 0.3) is 0 Å². The second-order valence-corrected chi connectivity index (χ2v) is 13.7. The fourth-order valence-corrected chi connectivity index (χ4v) is 6.85. The maximum absolute atomic E-state index is 14.1. The molecular weight excluding hydrogens is 586 g/mol. The fourth-order valence-electron chi connectivity index (χ4n) is 6.85. The number of unbranched alkanes of at least 4 members (excludes halogenated alkanes) is 1. The van der Waals surface area contributed by atoms with E-state index in [2.05, 4.69) is 12.2 Å². The van der Waals surface area contributed by atoms with Crippen molar-refractivity contribution in [2.75, 3.05) is 27.0 Å². The first-order chi connectivity index (χ1) is 22.1. The Bertz CT molecular complexity index is 999. The van der Waals surface area contributed by atoms with Gasteiger partial charge in [0.15, 0.2) is 0 Å². The summed E-state index contributed by atoms with van der Waals surface area (Å²) in [4.78, 5) is 29.9. The number of nitrogens with one attached hydrogen (secondary N) is 1. The van der Waals surface area contributed by atoms with Gasteiger partial charge in [0.2, 0.25) is 5.91 Å². The van der Waals surface area contributed by atoms with Crippen LogP contribution in [0.2, 0.25) is 0 Å². The van der Waals surface area contributed by atoms with E-state index in [0.29, 0.717) is 45.2 Å². The van der Waals surface area contributed by atoms with Crippen LogP contribution in [-0.4, -0.2) is 96.5 Å². The molecule has 10 nitrogen and oxygen atoms in total. The molecule has 0 bridgehead atoms. The molecule has 1 aromatic carbocycles. The van der Waals surface area contributed by atoms with E-state index in [9.17, 15) is 19.8 Å². The second-order valence-electron chi connectivity index (χ2n) is 13.7. The molecule has 0 aromatic heterocycles. The molecule has 1 aliphatic carbocycles. The Labute approximate surface area is 276 Å². The van der Waals surface area contributed by atoms with Gasteiger partial charge in [0.1, 0.15) is 19.0 Å². The number of nitrogens with zero attached hydrogens (tertiary/aromatic N) is 1. The summed E-state index contributed by atoms with van der Waals surface area (Å²) in [5.41, 5.74) is 7.62. The first-order valence-corrected chi connectivity index (χ1v) is 17.6. The van der Waals surface area contributed by atoms with Crippen molar-refractivity contribution < 1.29 is 34.0 Å². The molecule has 2 aliphatic rings. The van der Waals surface area contributed by atoms with Crippen LogP contribution in [-0.2, 0) is 30.2 Å². The summed E-state index contributed by atoms with van der Waals surface area (Å²) in [5, 5.41) is 25.0. The first-order valence-electron chi connectivity index (χ1n) is 17.6. The minimum atomic E-state index is -1.17. The normalized spacial score (nSPS) is 20.6. The Balaban J connectivity index is 1.81. The first kappa shape index (κ1) is 38.4. The number of amides is 2. The number of aliphatic hydroxyl groups is 2. The Hall–Kier alpha value is -2.08. The molecule has 3 rings (SSSR count). The van der Waals surface area contributed by atoms with E-state index in [1.165, 1.54) is 0 Å². The lowest BCUT2D eigenvalue weighted by molar-refractivity contribution is -0.157. The number of benzene rings is 1. The van der Waals surface area contributed by atoms with Crippen molar-refractivity contribution in [3.63, 3.8) is 0 Å². The zero-order valence-corrected chi connectivity index (χ0v) is 28.6. The monoisotopic (exact) mass is 647 g/mol. The van der Waals surface area contributed by atoms with Crippen LogP contribution in [0.3, 0.4) is 0 Å². The Morgan fingerprint density at radius 2 is 1.70 bits per heavy atom. The summed E-state index contributed by atoms with van der Waals surface area (Å²) in [6, 6.07) is 8.39. The number of carbonyl (C=O) groups is 2. The van der Waals surface area contributed by atoms with Gasteiger partial charge in [-0.25, -0.2) is 0 Å². The number of hydrogen-bond donors (Lipinski definition) is 4. The highest BCUT2D eigenvalue weighted by atomic mass is 16.7. The van der Waals surface area contributed by atoms with Gasteiger partial charge >= 0.3 is 0 Å². The molecule has 0 radical (unpaired) electrons. The molecular formula is C36H61N3O7. The predicted octanol–water partition coefficient (Wildman–Crippen LogP) is 3.94. The lowest BCUT2D eigenvalue weighted by Crippen LogP contribution is -2.61. The van der Waals surface area contributed by atoms with Crippen molar-refractivity contribution in [3.05, 3.63) is 35.9 Å².